The number of urea groups is 1. The van der Waals surface area contributed by atoms with E-state index >= 15 is 0 Å². The van der Waals surface area contributed by atoms with Crippen LogP contribution in [0.25, 0.3) is 11.1 Å². The molecule has 0 aliphatic rings. The maximum Gasteiger partial charge on any atom is 0.319 e. The van der Waals surface area contributed by atoms with E-state index in [4.69, 9.17) is 4.74 Å². The lowest BCUT2D eigenvalue weighted by Crippen LogP contribution is -2.39. The van der Waals surface area contributed by atoms with Gasteiger partial charge in [-0.3, -0.25) is 0 Å². The molecule has 0 heterocycles. The number of anilines is 1. The van der Waals surface area contributed by atoms with Gasteiger partial charge in [-0.1, -0.05) is 66.7 Å². The number of amides is 2. The van der Waals surface area contributed by atoms with Crippen LogP contribution < -0.4 is 15.4 Å². The van der Waals surface area contributed by atoms with Gasteiger partial charge in [0.1, 0.15) is 12.4 Å². The van der Waals surface area contributed by atoms with E-state index in [1.165, 1.54) is 0 Å². The number of nitrogens with one attached hydrogen (secondary N) is 2. The number of hydrogen-bond donors (Lipinski definition) is 2. The molecule has 3 rings (SSSR count). The number of para-hydroxylation sites is 2. The maximum absolute atomic E-state index is 12.5. The lowest BCUT2D eigenvalue weighted by Gasteiger charge is -2.18. The van der Waals surface area contributed by atoms with Crippen molar-refractivity contribution in [1.29, 1.82) is 0 Å². The van der Waals surface area contributed by atoms with Crippen molar-refractivity contribution < 1.29 is 9.53 Å². The van der Waals surface area contributed by atoms with Crippen LogP contribution in [0.2, 0.25) is 0 Å². The molecule has 0 fully saturated rings. The molecule has 0 saturated carbocycles. The Labute approximate surface area is 166 Å². The molecule has 0 aromatic heterocycles. The van der Waals surface area contributed by atoms with E-state index in [-0.39, 0.29) is 12.1 Å². The molecule has 0 aliphatic heterocycles. The lowest BCUT2D eigenvalue weighted by atomic mass is 10.0. The van der Waals surface area contributed by atoms with Gasteiger partial charge in [0.05, 0.1) is 11.7 Å². The van der Waals surface area contributed by atoms with Gasteiger partial charge in [-0.2, -0.15) is 0 Å². The summed E-state index contributed by atoms with van der Waals surface area (Å²) in [6, 6.07) is 23.4. The molecule has 3 aromatic carbocycles. The Kier molecular flexibility index (Phi) is 6.33. The Hall–Kier alpha value is -3.27. The summed E-state index contributed by atoms with van der Waals surface area (Å²) in [7, 11) is 0. The van der Waals surface area contributed by atoms with Crippen molar-refractivity contribution in [2.24, 2.45) is 0 Å². The summed E-state index contributed by atoms with van der Waals surface area (Å²) >= 11 is 0. The standard InChI is InChI=1S/C24H26N2O2/c1-17-10-9-11-18(2)23(17)28-16-19(3)25-24(27)26-22-15-8-7-14-21(22)20-12-5-4-6-13-20/h4-15,19H,16H2,1-3H3,(H2,25,26,27). The normalized spacial score (nSPS) is 11.5. The Morgan fingerprint density at radius 3 is 2.25 bits per heavy atom. The smallest absolute Gasteiger partial charge is 0.319 e. The van der Waals surface area contributed by atoms with E-state index in [0.29, 0.717) is 6.61 Å². The monoisotopic (exact) mass is 374 g/mol. The van der Waals surface area contributed by atoms with Gasteiger partial charge in [0.15, 0.2) is 0 Å². The van der Waals surface area contributed by atoms with Crippen molar-refractivity contribution in [3.05, 3.63) is 83.9 Å². The number of carbonyl (C=O) groups is 1. The van der Waals surface area contributed by atoms with Gasteiger partial charge >= 0.3 is 6.03 Å². The van der Waals surface area contributed by atoms with Crippen LogP contribution in [0.5, 0.6) is 5.75 Å². The number of aryl methyl sites for hydroxylation is 2. The van der Waals surface area contributed by atoms with Crippen molar-refractivity contribution in [3.63, 3.8) is 0 Å². The molecule has 0 radical (unpaired) electrons. The lowest BCUT2D eigenvalue weighted by molar-refractivity contribution is 0.236. The molecule has 1 unspecified atom stereocenters. The van der Waals surface area contributed by atoms with Crippen LogP contribution in [0.4, 0.5) is 10.5 Å². The topological polar surface area (TPSA) is 50.4 Å². The second-order valence-electron chi connectivity index (χ2n) is 6.94. The van der Waals surface area contributed by atoms with E-state index in [0.717, 1.165) is 33.7 Å². The summed E-state index contributed by atoms with van der Waals surface area (Å²) in [6.07, 6.45) is 0. The van der Waals surface area contributed by atoms with Crippen LogP contribution in [0, 0.1) is 13.8 Å². The fraction of sp³-hybridized carbons (Fsp3) is 0.208. The Morgan fingerprint density at radius 2 is 1.54 bits per heavy atom. The molecular weight excluding hydrogens is 348 g/mol. The molecule has 1 atom stereocenters. The second kappa shape index (κ2) is 9.09. The third-order valence-corrected chi connectivity index (χ3v) is 4.52. The summed E-state index contributed by atoms with van der Waals surface area (Å²) in [6.45, 7) is 6.37. The highest BCUT2D eigenvalue weighted by Gasteiger charge is 2.12. The minimum absolute atomic E-state index is 0.136. The molecule has 0 aliphatic carbocycles. The first-order valence-corrected chi connectivity index (χ1v) is 9.45. The Bertz CT molecular complexity index is 918. The third kappa shape index (κ3) is 4.92. The van der Waals surface area contributed by atoms with Crippen LogP contribution >= 0.6 is 0 Å². The number of rotatable bonds is 6. The molecule has 4 heteroatoms. The van der Waals surface area contributed by atoms with Crippen molar-refractivity contribution in [1.82, 2.24) is 5.32 Å². The van der Waals surface area contributed by atoms with E-state index in [9.17, 15) is 4.79 Å². The molecule has 0 saturated heterocycles. The van der Waals surface area contributed by atoms with E-state index in [1.807, 2.05) is 93.6 Å². The quantitative estimate of drug-likeness (QED) is 0.593. The van der Waals surface area contributed by atoms with Gasteiger partial charge in [0, 0.05) is 5.56 Å². The van der Waals surface area contributed by atoms with Crippen LogP contribution in [-0.2, 0) is 0 Å². The van der Waals surface area contributed by atoms with Gasteiger partial charge < -0.3 is 15.4 Å². The summed E-state index contributed by atoms with van der Waals surface area (Å²) in [5, 5.41) is 5.90. The molecular formula is C24H26N2O2. The highest BCUT2D eigenvalue weighted by atomic mass is 16.5. The van der Waals surface area contributed by atoms with Gasteiger partial charge in [0.25, 0.3) is 0 Å². The Balaban J connectivity index is 1.60. The molecule has 3 aromatic rings. The van der Waals surface area contributed by atoms with Crippen LogP contribution in [-0.4, -0.2) is 18.7 Å². The minimum Gasteiger partial charge on any atom is -0.491 e. The highest BCUT2D eigenvalue weighted by molar-refractivity contribution is 5.94. The largest absolute Gasteiger partial charge is 0.491 e. The van der Waals surface area contributed by atoms with Gasteiger partial charge in [0.2, 0.25) is 0 Å². The van der Waals surface area contributed by atoms with Crippen LogP contribution in [0.15, 0.2) is 72.8 Å². The van der Waals surface area contributed by atoms with Crippen molar-refractivity contribution in [2.75, 3.05) is 11.9 Å². The van der Waals surface area contributed by atoms with E-state index in [1.54, 1.807) is 0 Å². The predicted octanol–water partition coefficient (Wildman–Crippen LogP) is 5.56. The first-order valence-electron chi connectivity index (χ1n) is 9.45. The summed E-state index contributed by atoms with van der Waals surface area (Å²) < 4.78 is 5.93. The molecule has 2 N–H and O–H groups in total. The van der Waals surface area contributed by atoms with Crippen molar-refractivity contribution in [3.8, 4) is 16.9 Å². The molecule has 144 valence electrons. The first-order chi connectivity index (χ1) is 13.5. The van der Waals surface area contributed by atoms with Crippen molar-refractivity contribution in [2.45, 2.75) is 26.8 Å². The highest BCUT2D eigenvalue weighted by Crippen LogP contribution is 2.27. The fourth-order valence-electron chi connectivity index (χ4n) is 3.12. The summed E-state index contributed by atoms with van der Waals surface area (Å²) in [4.78, 5) is 12.5. The fourth-order valence-corrected chi connectivity index (χ4v) is 3.12. The zero-order valence-corrected chi connectivity index (χ0v) is 16.5. The number of benzene rings is 3. The van der Waals surface area contributed by atoms with Gasteiger partial charge in [-0.15, -0.1) is 0 Å². The molecule has 0 bridgehead atoms. The SMILES string of the molecule is Cc1cccc(C)c1OCC(C)NC(=O)Nc1ccccc1-c1ccccc1. The van der Waals surface area contributed by atoms with E-state index in [2.05, 4.69) is 10.6 Å². The zero-order chi connectivity index (χ0) is 19.9. The van der Waals surface area contributed by atoms with Gasteiger partial charge in [-0.05, 0) is 43.5 Å². The number of hydrogen-bond acceptors (Lipinski definition) is 2. The minimum atomic E-state index is -0.249. The maximum atomic E-state index is 12.5. The number of ether oxygens (including phenoxy) is 1. The first kappa shape index (κ1) is 19.5. The molecule has 28 heavy (non-hydrogen) atoms. The molecule has 4 nitrogen and oxygen atoms in total. The predicted molar refractivity (Wildman–Crippen MR) is 115 cm³/mol. The summed E-state index contributed by atoms with van der Waals surface area (Å²) in [5.41, 5.74) is 5.00. The Morgan fingerprint density at radius 1 is 0.893 bits per heavy atom. The average molecular weight is 374 g/mol. The van der Waals surface area contributed by atoms with Crippen molar-refractivity contribution >= 4 is 11.7 Å². The third-order valence-electron chi connectivity index (χ3n) is 4.52. The van der Waals surface area contributed by atoms with E-state index < -0.39 is 0 Å². The number of carbonyl (C=O) groups excluding carboxylic acids is 1. The zero-order valence-electron chi connectivity index (χ0n) is 16.5. The van der Waals surface area contributed by atoms with Crippen LogP contribution in [0.3, 0.4) is 0 Å². The van der Waals surface area contributed by atoms with Crippen LogP contribution in [0.1, 0.15) is 18.1 Å². The summed E-state index contributed by atoms with van der Waals surface area (Å²) in [5.74, 6) is 0.881. The van der Waals surface area contributed by atoms with Gasteiger partial charge in [-0.25, -0.2) is 4.79 Å². The average Bonchev–Trinajstić information content (AvgIpc) is 2.68. The molecule has 2 amide bonds. The molecule has 0 spiro atoms. The second-order valence-corrected chi connectivity index (χ2v) is 6.94.